The highest BCUT2D eigenvalue weighted by Gasteiger charge is 2.44. The minimum atomic E-state index is -0.230. The third-order valence-corrected chi connectivity index (χ3v) is 12.7. The van der Waals surface area contributed by atoms with Crippen molar-refractivity contribution in [3.8, 4) is 22.3 Å². The number of benzene rings is 7. The van der Waals surface area contributed by atoms with Crippen molar-refractivity contribution in [1.82, 2.24) is 0 Å². The van der Waals surface area contributed by atoms with Crippen LogP contribution >= 0.6 is 0 Å². The lowest BCUT2D eigenvalue weighted by Crippen LogP contribution is -2.34. The van der Waals surface area contributed by atoms with Crippen molar-refractivity contribution in [1.29, 1.82) is 0 Å². The van der Waals surface area contributed by atoms with Crippen LogP contribution in [0.4, 0.5) is 17.1 Å². The summed E-state index contributed by atoms with van der Waals surface area (Å²) in [6, 6.07) is 51.5. The van der Waals surface area contributed by atoms with E-state index >= 15 is 0 Å². The van der Waals surface area contributed by atoms with E-state index in [1.165, 1.54) is 79.5 Å². The monoisotopic (exact) mass is 687 g/mol. The highest BCUT2D eigenvalue weighted by molar-refractivity contribution is 6.14. The van der Waals surface area contributed by atoms with Crippen LogP contribution in [-0.4, -0.2) is 0 Å². The van der Waals surface area contributed by atoms with E-state index < -0.39 is 0 Å². The molecule has 2 aliphatic carbocycles. The molecule has 7 aromatic carbocycles. The van der Waals surface area contributed by atoms with E-state index in [4.69, 9.17) is 4.42 Å². The van der Waals surface area contributed by atoms with Gasteiger partial charge >= 0.3 is 0 Å². The lowest BCUT2D eigenvalue weighted by molar-refractivity contribution is 0.331. The first kappa shape index (κ1) is 32.1. The number of hydrogen-bond donors (Lipinski definition) is 0. The first-order chi connectivity index (χ1) is 25.5. The Balaban J connectivity index is 1.28. The van der Waals surface area contributed by atoms with Gasteiger partial charge in [0, 0.05) is 27.1 Å². The van der Waals surface area contributed by atoms with Crippen molar-refractivity contribution in [3.63, 3.8) is 0 Å². The normalized spacial score (nSPS) is 16.4. The minimum Gasteiger partial charge on any atom is -0.456 e. The lowest BCUT2D eigenvalue weighted by Gasteiger charge is -2.42. The smallest absolute Gasteiger partial charge is 0.136 e. The molecule has 0 unspecified atom stereocenters. The molecule has 1 heterocycles. The fourth-order valence-electron chi connectivity index (χ4n) is 9.78. The van der Waals surface area contributed by atoms with E-state index in [1.54, 1.807) is 0 Å². The largest absolute Gasteiger partial charge is 0.456 e. The van der Waals surface area contributed by atoms with Gasteiger partial charge in [-0.05, 0) is 104 Å². The number of para-hydroxylation sites is 2. The third-order valence-electron chi connectivity index (χ3n) is 12.7. The summed E-state index contributed by atoms with van der Waals surface area (Å²) in [4.78, 5) is 2.55. The molecule has 8 aromatic rings. The van der Waals surface area contributed by atoms with Crippen molar-refractivity contribution < 1.29 is 4.42 Å². The Kier molecular flexibility index (Phi) is 6.78. The molecule has 0 spiro atoms. The van der Waals surface area contributed by atoms with Crippen molar-refractivity contribution in [2.75, 3.05) is 4.90 Å². The van der Waals surface area contributed by atoms with Gasteiger partial charge < -0.3 is 9.32 Å². The maximum absolute atomic E-state index is 6.42. The van der Waals surface area contributed by atoms with E-state index in [0.717, 1.165) is 27.6 Å². The Morgan fingerprint density at radius 1 is 0.453 bits per heavy atom. The fourth-order valence-corrected chi connectivity index (χ4v) is 9.78. The summed E-state index contributed by atoms with van der Waals surface area (Å²) in [7, 11) is 0. The van der Waals surface area contributed by atoms with E-state index in [1.807, 2.05) is 0 Å². The number of anilines is 3. The molecule has 0 fully saturated rings. The number of fused-ring (bicyclic) bond motifs is 8. The van der Waals surface area contributed by atoms with Gasteiger partial charge in [0.15, 0.2) is 0 Å². The molecule has 0 aliphatic heterocycles. The molecule has 0 amide bonds. The fraction of sp³-hybridized carbons (Fsp3) is 0.216. The van der Waals surface area contributed by atoms with Gasteiger partial charge in [-0.25, -0.2) is 0 Å². The SMILES string of the molecule is CC1(C)CCC(C)(C)c2cc3c(cc21)-c1cccc(N(c2ccccc2-c2cccc4oc5ccccc5c24)c2cccc4ccccc24)c1C3(C)C. The van der Waals surface area contributed by atoms with Crippen molar-refractivity contribution >= 4 is 49.8 Å². The van der Waals surface area contributed by atoms with Crippen LogP contribution in [0.3, 0.4) is 0 Å². The average Bonchev–Trinajstić information content (AvgIpc) is 3.66. The zero-order valence-corrected chi connectivity index (χ0v) is 31.5. The molecular weight excluding hydrogens is 643 g/mol. The summed E-state index contributed by atoms with van der Waals surface area (Å²) in [6.07, 6.45) is 2.40. The first-order valence-electron chi connectivity index (χ1n) is 19.2. The quantitative estimate of drug-likeness (QED) is 0.183. The molecule has 0 N–H and O–H groups in total. The van der Waals surface area contributed by atoms with Gasteiger partial charge in [0.1, 0.15) is 11.2 Å². The summed E-state index contributed by atoms with van der Waals surface area (Å²) in [5.74, 6) is 0. The molecule has 0 saturated heterocycles. The summed E-state index contributed by atoms with van der Waals surface area (Å²) < 4.78 is 6.42. The molecular formula is C51H45NO. The second-order valence-corrected chi connectivity index (χ2v) is 17.2. The lowest BCUT2D eigenvalue weighted by atomic mass is 9.62. The zero-order chi connectivity index (χ0) is 36.3. The minimum absolute atomic E-state index is 0.136. The molecule has 53 heavy (non-hydrogen) atoms. The van der Waals surface area contributed by atoms with Crippen LogP contribution in [0.15, 0.2) is 144 Å². The standard InChI is InChI=1S/C51H45NO/c1-49(2)28-29-50(3,4)41-31-39-38(30-40(41)49)36-22-14-25-44(48(36)51(39,5)6)52(42-24-13-17-32-16-7-8-18-33(32)42)43-23-11-9-19-34(43)35-21-15-27-46-47(35)37-20-10-12-26-45(37)53-46/h7-27,30-31H,28-29H2,1-6H3. The summed E-state index contributed by atoms with van der Waals surface area (Å²) in [5, 5.41) is 4.73. The zero-order valence-electron chi connectivity index (χ0n) is 31.5. The second-order valence-electron chi connectivity index (χ2n) is 17.2. The van der Waals surface area contributed by atoms with E-state index in [2.05, 4.69) is 186 Å². The Bertz CT molecular complexity index is 2770. The molecule has 10 rings (SSSR count). The molecule has 0 atom stereocenters. The summed E-state index contributed by atoms with van der Waals surface area (Å²) >= 11 is 0. The van der Waals surface area contributed by atoms with Crippen LogP contribution < -0.4 is 4.90 Å². The Morgan fingerprint density at radius 2 is 1.02 bits per heavy atom. The van der Waals surface area contributed by atoms with Crippen LogP contribution in [0, 0.1) is 0 Å². The van der Waals surface area contributed by atoms with Crippen LogP contribution in [0.25, 0.3) is 55.0 Å². The molecule has 260 valence electrons. The maximum Gasteiger partial charge on any atom is 0.136 e. The topological polar surface area (TPSA) is 16.4 Å². The number of rotatable bonds is 4. The second kappa shape index (κ2) is 11.2. The Morgan fingerprint density at radius 3 is 1.85 bits per heavy atom. The van der Waals surface area contributed by atoms with Crippen LogP contribution in [0.1, 0.15) is 76.6 Å². The Labute approximate surface area is 312 Å². The molecule has 0 bridgehead atoms. The highest BCUT2D eigenvalue weighted by atomic mass is 16.3. The van der Waals surface area contributed by atoms with Gasteiger partial charge in [-0.3, -0.25) is 0 Å². The van der Waals surface area contributed by atoms with Gasteiger partial charge in [-0.2, -0.15) is 0 Å². The van der Waals surface area contributed by atoms with Crippen LogP contribution in [0.5, 0.6) is 0 Å². The molecule has 0 saturated carbocycles. The first-order valence-corrected chi connectivity index (χ1v) is 19.2. The van der Waals surface area contributed by atoms with E-state index in [-0.39, 0.29) is 16.2 Å². The number of furan rings is 1. The molecule has 2 nitrogen and oxygen atoms in total. The summed E-state index contributed by atoms with van der Waals surface area (Å²) in [6.45, 7) is 14.6. The molecule has 0 radical (unpaired) electrons. The van der Waals surface area contributed by atoms with E-state index in [9.17, 15) is 0 Å². The average molecular weight is 688 g/mol. The van der Waals surface area contributed by atoms with Gasteiger partial charge in [0.05, 0.1) is 17.1 Å². The predicted octanol–water partition coefficient (Wildman–Crippen LogP) is 14.5. The van der Waals surface area contributed by atoms with Crippen molar-refractivity contribution in [2.45, 2.75) is 70.6 Å². The van der Waals surface area contributed by atoms with Gasteiger partial charge in [0.25, 0.3) is 0 Å². The molecule has 2 aliphatic rings. The Hall–Kier alpha value is -5.60. The molecule has 2 heteroatoms. The molecule has 1 aromatic heterocycles. The number of hydrogen-bond acceptors (Lipinski definition) is 2. The van der Waals surface area contributed by atoms with Gasteiger partial charge in [-0.15, -0.1) is 0 Å². The predicted molar refractivity (Wildman–Crippen MR) is 224 cm³/mol. The highest BCUT2D eigenvalue weighted by Crippen LogP contribution is 2.58. The van der Waals surface area contributed by atoms with Crippen LogP contribution in [0.2, 0.25) is 0 Å². The van der Waals surface area contributed by atoms with E-state index in [0.29, 0.717) is 0 Å². The van der Waals surface area contributed by atoms with Gasteiger partial charge in [0.2, 0.25) is 0 Å². The third kappa shape index (κ3) is 4.64. The van der Waals surface area contributed by atoms with Crippen molar-refractivity contribution in [2.24, 2.45) is 0 Å². The number of nitrogens with zero attached hydrogens (tertiary/aromatic N) is 1. The maximum atomic E-state index is 6.42. The van der Waals surface area contributed by atoms with Gasteiger partial charge in [-0.1, -0.05) is 145 Å². The van der Waals surface area contributed by atoms with Crippen molar-refractivity contribution in [3.05, 3.63) is 162 Å². The summed E-state index contributed by atoms with van der Waals surface area (Å²) in [5.41, 5.74) is 16.3. The van der Waals surface area contributed by atoms with Crippen LogP contribution in [-0.2, 0) is 16.2 Å².